The Kier molecular flexibility index (Phi) is 4.93. The van der Waals surface area contributed by atoms with Gasteiger partial charge in [-0.15, -0.1) is 0 Å². The smallest absolute Gasteiger partial charge is 0.229 e. The summed E-state index contributed by atoms with van der Waals surface area (Å²) in [6, 6.07) is 12.2. The summed E-state index contributed by atoms with van der Waals surface area (Å²) in [4.78, 5) is 18.8. The maximum Gasteiger partial charge on any atom is 0.229 e. The molecule has 132 valence electrons. The molecule has 1 aromatic carbocycles. The number of hydrogen-bond donors (Lipinski definition) is 2. The molecule has 0 radical (unpaired) electrons. The van der Waals surface area contributed by atoms with Gasteiger partial charge in [-0.1, -0.05) is 20.8 Å². The van der Waals surface area contributed by atoms with Crippen LogP contribution in [0.5, 0.6) is 0 Å². The van der Waals surface area contributed by atoms with Crippen LogP contribution in [0.1, 0.15) is 33.6 Å². The van der Waals surface area contributed by atoms with E-state index in [2.05, 4.69) is 44.8 Å². The minimum absolute atomic E-state index is 0.0208. The monoisotopic (exact) mass is 338 g/mol. The van der Waals surface area contributed by atoms with Gasteiger partial charge in [0.2, 0.25) is 5.91 Å². The summed E-state index contributed by atoms with van der Waals surface area (Å²) in [6.07, 6.45) is 4.23. The third kappa shape index (κ3) is 4.50. The molecule has 2 heterocycles. The predicted octanol–water partition coefficient (Wildman–Crippen LogP) is 4.41. The Morgan fingerprint density at radius 1 is 1.00 bits per heavy atom. The molecule has 0 spiro atoms. The number of benzene rings is 1. The van der Waals surface area contributed by atoms with Crippen molar-refractivity contribution in [3.8, 4) is 0 Å². The minimum atomic E-state index is -0.423. The Balaban J connectivity index is 1.60. The number of hydrogen-bond acceptors (Lipinski definition) is 4. The Bertz CT molecular complexity index is 711. The summed E-state index contributed by atoms with van der Waals surface area (Å²) in [5.41, 5.74) is 2.56. The number of anilines is 4. The fourth-order valence-corrected chi connectivity index (χ4v) is 2.74. The van der Waals surface area contributed by atoms with Crippen LogP contribution in [0.2, 0.25) is 0 Å². The average molecular weight is 338 g/mol. The van der Waals surface area contributed by atoms with Crippen molar-refractivity contribution in [1.29, 1.82) is 0 Å². The van der Waals surface area contributed by atoms with Crippen LogP contribution in [0.25, 0.3) is 0 Å². The number of rotatable bonds is 4. The molecule has 2 N–H and O–H groups in total. The van der Waals surface area contributed by atoms with Crippen LogP contribution in [0.4, 0.5) is 22.9 Å². The SMILES string of the molecule is CC(C)(C)C(=O)Nc1ccc(Nc2ccc(N3CCCC3)cc2)nc1. The largest absolute Gasteiger partial charge is 0.372 e. The van der Waals surface area contributed by atoms with Gasteiger partial charge in [-0.2, -0.15) is 0 Å². The maximum absolute atomic E-state index is 12.0. The molecular weight excluding hydrogens is 312 g/mol. The molecule has 0 aliphatic carbocycles. The van der Waals surface area contributed by atoms with E-state index in [0.29, 0.717) is 5.69 Å². The van der Waals surface area contributed by atoms with Crippen LogP contribution >= 0.6 is 0 Å². The number of carbonyl (C=O) groups is 1. The van der Waals surface area contributed by atoms with E-state index in [0.717, 1.165) is 24.6 Å². The van der Waals surface area contributed by atoms with Crippen LogP contribution in [0.15, 0.2) is 42.6 Å². The Morgan fingerprint density at radius 2 is 1.64 bits per heavy atom. The van der Waals surface area contributed by atoms with Crippen molar-refractivity contribution in [2.24, 2.45) is 5.41 Å². The Labute approximate surface area is 149 Å². The van der Waals surface area contributed by atoms with Crippen molar-refractivity contribution >= 4 is 28.8 Å². The number of amides is 1. The number of nitrogens with zero attached hydrogens (tertiary/aromatic N) is 2. The van der Waals surface area contributed by atoms with Gasteiger partial charge in [0.15, 0.2) is 0 Å². The first-order chi connectivity index (χ1) is 11.9. The molecule has 1 aliphatic rings. The first-order valence-corrected chi connectivity index (χ1v) is 8.81. The lowest BCUT2D eigenvalue weighted by atomic mass is 9.96. The van der Waals surface area contributed by atoms with E-state index >= 15 is 0 Å². The zero-order valence-corrected chi connectivity index (χ0v) is 15.2. The molecule has 1 aliphatic heterocycles. The highest BCUT2D eigenvalue weighted by molar-refractivity contribution is 5.94. The number of carbonyl (C=O) groups excluding carboxylic acids is 1. The molecule has 5 nitrogen and oxygen atoms in total. The van der Waals surface area contributed by atoms with Crippen LogP contribution in [-0.2, 0) is 4.79 Å². The first kappa shape index (κ1) is 17.3. The molecule has 2 aromatic rings. The second kappa shape index (κ2) is 7.13. The molecule has 0 bridgehead atoms. The quantitative estimate of drug-likeness (QED) is 0.867. The normalized spacial score (nSPS) is 14.4. The summed E-state index contributed by atoms with van der Waals surface area (Å²) in [5, 5.41) is 6.17. The number of pyridine rings is 1. The van der Waals surface area contributed by atoms with E-state index in [1.165, 1.54) is 18.5 Å². The predicted molar refractivity (Wildman–Crippen MR) is 103 cm³/mol. The Hall–Kier alpha value is -2.56. The first-order valence-electron chi connectivity index (χ1n) is 8.81. The van der Waals surface area contributed by atoms with E-state index in [9.17, 15) is 4.79 Å². The van der Waals surface area contributed by atoms with Crippen LogP contribution in [0, 0.1) is 5.41 Å². The van der Waals surface area contributed by atoms with E-state index in [1.54, 1.807) is 6.20 Å². The van der Waals surface area contributed by atoms with Gasteiger partial charge in [-0.25, -0.2) is 4.98 Å². The number of nitrogens with one attached hydrogen (secondary N) is 2. The molecule has 0 saturated carbocycles. The van der Waals surface area contributed by atoms with Gasteiger partial charge in [-0.3, -0.25) is 4.79 Å². The average Bonchev–Trinajstić information content (AvgIpc) is 3.11. The molecule has 0 atom stereocenters. The number of aromatic nitrogens is 1. The zero-order valence-electron chi connectivity index (χ0n) is 15.2. The minimum Gasteiger partial charge on any atom is -0.372 e. The van der Waals surface area contributed by atoms with Gasteiger partial charge in [0.05, 0.1) is 11.9 Å². The van der Waals surface area contributed by atoms with Gasteiger partial charge in [0.1, 0.15) is 5.82 Å². The van der Waals surface area contributed by atoms with E-state index in [4.69, 9.17) is 0 Å². The highest BCUT2D eigenvalue weighted by Gasteiger charge is 2.21. The molecule has 1 fully saturated rings. The van der Waals surface area contributed by atoms with Crippen molar-refractivity contribution in [3.63, 3.8) is 0 Å². The fourth-order valence-electron chi connectivity index (χ4n) is 2.74. The molecule has 1 amide bonds. The van der Waals surface area contributed by atoms with Crippen molar-refractivity contribution in [2.75, 3.05) is 28.6 Å². The lowest BCUT2D eigenvalue weighted by molar-refractivity contribution is -0.123. The van der Waals surface area contributed by atoms with Crippen molar-refractivity contribution < 1.29 is 4.79 Å². The summed E-state index contributed by atoms with van der Waals surface area (Å²) in [6.45, 7) is 7.96. The van der Waals surface area contributed by atoms with E-state index in [1.807, 2.05) is 32.9 Å². The summed E-state index contributed by atoms with van der Waals surface area (Å²) < 4.78 is 0. The lowest BCUT2D eigenvalue weighted by Crippen LogP contribution is -2.27. The summed E-state index contributed by atoms with van der Waals surface area (Å²) in [5.74, 6) is 0.732. The van der Waals surface area contributed by atoms with Gasteiger partial charge in [-0.05, 0) is 49.2 Å². The van der Waals surface area contributed by atoms with E-state index < -0.39 is 5.41 Å². The molecule has 0 unspecified atom stereocenters. The topological polar surface area (TPSA) is 57.3 Å². The lowest BCUT2D eigenvalue weighted by Gasteiger charge is -2.18. The third-order valence-corrected chi connectivity index (χ3v) is 4.31. The van der Waals surface area contributed by atoms with Crippen molar-refractivity contribution in [1.82, 2.24) is 4.98 Å². The van der Waals surface area contributed by atoms with Crippen molar-refractivity contribution in [2.45, 2.75) is 33.6 Å². The summed E-state index contributed by atoms with van der Waals surface area (Å²) >= 11 is 0. The standard InChI is InChI=1S/C20H26N4O/c1-20(2,3)19(25)23-16-8-11-18(21-14-16)22-15-6-9-17(10-7-15)24-12-4-5-13-24/h6-11,14H,4-5,12-13H2,1-3H3,(H,21,22)(H,23,25). The van der Waals surface area contributed by atoms with Gasteiger partial charge in [0, 0.05) is 29.9 Å². The van der Waals surface area contributed by atoms with Gasteiger partial charge < -0.3 is 15.5 Å². The van der Waals surface area contributed by atoms with Crippen LogP contribution in [-0.4, -0.2) is 24.0 Å². The molecule has 1 saturated heterocycles. The molecule has 25 heavy (non-hydrogen) atoms. The van der Waals surface area contributed by atoms with Gasteiger partial charge in [0.25, 0.3) is 0 Å². The van der Waals surface area contributed by atoms with Crippen LogP contribution in [0.3, 0.4) is 0 Å². The van der Waals surface area contributed by atoms with Crippen LogP contribution < -0.4 is 15.5 Å². The van der Waals surface area contributed by atoms with Crippen molar-refractivity contribution in [3.05, 3.63) is 42.6 Å². The zero-order chi connectivity index (χ0) is 17.9. The third-order valence-electron chi connectivity index (χ3n) is 4.31. The molecule has 5 heteroatoms. The molecule has 1 aromatic heterocycles. The maximum atomic E-state index is 12.0. The fraction of sp³-hybridized carbons (Fsp3) is 0.400. The molecular formula is C20H26N4O. The highest BCUT2D eigenvalue weighted by atomic mass is 16.2. The highest BCUT2D eigenvalue weighted by Crippen LogP contribution is 2.24. The second-order valence-corrected chi connectivity index (χ2v) is 7.50. The van der Waals surface area contributed by atoms with E-state index in [-0.39, 0.29) is 5.91 Å². The second-order valence-electron chi connectivity index (χ2n) is 7.50. The summed E-state index contributed by atoms with van der Waals surface area (Å²) in [7, 11) is 0. The molecule has 3 rings (SSSR count). The Morgan fingerprint density at radius 3 is 2.20 bits per heavy atom. The van der Waals surface area contributed by atoms with Gasteiger partial charge >= 0.3 is 0 Å².